The van der Waals surface area contributed by atoms with E-state index in [1.807, 2.05) is 27.0 Å². The number of aromatic nitrogens is 2. The number of carbonyl (C=O) groups is 1. The maximum atomic E-state index is 12.2. The van der Waals surface area contributed by atoms with Crippen LogP contribution in [0.2, 0.25) is 0 Å². The highest BCUT2D eigenvalue weighted by atomic mass is 32.1. The molecule has 0 saturated carbocycles. The molecule has 2 N–H and O–H groups in total. The monoisotopic (exact) mass is 290 g/mol. The van der Waals surface area contributed by atoms with Gasteiger partial charge < -0.3 is 10.6 Å². The van der Waals surface area contributed by atoms with Crippen molar-refractivity contribution in [2.75, 3.05) is 11.9 Å². The highest BCUT2D eigenvalue weighted by Crippen LogP contribution is 2.19. The molecule has 2 rings (SSSR count). The summed E-state index contributed by atoms with van der Waals surface area (Å²) in [4.78, 5) is 21.8. The van der Waals surface area contributed by atoms with Crippen LogP contribution in [-0.4, -0.2) is 22.4 Å². The number of nitrogens with zero attached hydrogens (tertiary/aromatic N) is 2. The van der Waals surface area contributed by atoms with Crippen molar-refractivity contribution in [1.29, 1.82) is 0 Å². The molecule has 0 fully saturated rings. The van der Waals surface area contributed by atoms with Crippen molar-refractivity contribution in [3.63, 3.8) is 0 Å². The van der Waals surface area contributed by atoms with Crippen molar-refractivity contribution in [1.82, 2.24) is 15.3 Å². The number of hydrogen-bond donors (Lipinski definition) is 2. The van der Waals surface area contributed by atoms with Gasteiger partial charge in [0, 0.05) is 29.4 Å². The molecule has 2 aromatic heterocycles. The summed E-state index contributed by atoms with van der Waals surface area (Å²) in [6, 6.07) is 3.35. The Balaban J connectivity index is 2.06. The van der Waals surface area contributed by atoms with Crippen LogP contribution >= 0.6 is 11.3 Å². The molecule has 2 heterocycles. The van der Waals surface area contributed by atoms with Crippen molar-refractivity contribution in [3.8, 4) is 0 Å². The quantitative estimate of drug-likeness (QED) is 0.888. The lowest BCUT2D eigenvalue weighted by atomic mass is 10.2. The summed E-state index contributed by atoms with van der Waals surface area (Å²) < 4.78 is 0. The van der Waals surface area contributed by atoms with Crippen LogP contribution in [0.25, 0.3) is 0 Å². The standard InChI is InChI=1S/C14H18N4OS/c1-4-15-12-7-11(5-6-16-12)13(19)18-10(3)14-17-8-9(2)20-14/h5-8,10H,4H2,1-3H3,(H,15,16)(H,18,19). The van der Waals surface area contributed by atoms with E-state index >= 15 is 0 Å². The van der Waals surface area contributed by atoms with Crippen LogP contribution in [0, 0.1) is 6.92 Å². The molecule has 0 aliphatic rings. The topological polar surface area (TPSA) is 66.9 Å². The molecule has 0 bridgehead atoms. The molecule has 5 nitrogen and oxygen atoms in total. The van der Waals surface area contributed by atoms with E-state index in [1.165, 1.54) is 0 Å². The molecule has 0 saturated heterocycles. The van der Waals surface area contributed by atoms with Gasteiger partial charge in [0.1, 0.15) is 10.8 Å². The van der Waals surface area contributed by atoms with Gasteiger partial charge in [-0.2, -0.15) is 0 Å². The first-order valence-electron chi connectivity index (χ1n) is 6.53. The Morgan fingerprint density at radius 2 is 2.25 bits per heavy atom. The minimum Gasteiger partial charge on any atom is -0.370 e. The highest BCUT2D eigenvalue weighted by molar-refractivity contribution is 7.11. The lowest BCUT2D eigenvalue weighted by Gasteiger charge is -2.12. The summed E-state index contributed by atoms with van der Waals surface area (Å²) in [6.07, 6.45) is 3.45. The van der Waals surface area contributed by atoms with Crippen LogP contribution in [0.5, 0.6) is 0 Å². The zero-order valence-corrected chi connectivity index (χ0v) is 12.6. The fraction of sp³-hybridized carbons (Fsp3) is 0.357. The van der Waals surface area contributed by atoms with E-state index in [-0.39, 0.29) is 11.9 Å². The Morgan fingerprint density at radius 3 is 2.90 bits per heavy atom. The van der Waals surface area contributed by atoms with Gasteiger partial charge in [0.15, 0.2) is 0 Å². The third-order valence-corrected chi connectivity index (χ3v) is 3.83. The second-order valence-corrected chi connectivity index (χ2v) is 5.73. The van der Waals surface area contributed by atoms with Crippen molar-refractivity contribution in [2.45, 2.75) is 26.8 Å². The number of hydrogen-bond acceptors (Lipinski definition) is 5. The predicted octanol–water partition coefficient (Wildman–Crippen LogP) is 2.77. The molecule has 0 radical (unpaired) electrons. The van der Waals surface area contributed by atoms with Gasteiger partial charge in [0.05, 0.1) is 6.04 Å². The molecule has 0 aliphatic heterocycles. The fourth-order valence-corrected chi connectivity index (χ4v) is 2.54. The third kappa shape index (κ3) is 3.54. The number of aryl methyl sites for hydroxylation is 1. The van der Waals surface area contributed by atoms with Crippen LogP contribution in [0.4, 0.5) is 5.82 Å². The molecular weight excluding hydrogens is 272 g/mol. The maximum Gasteiger partial charge on any atom is 0.252 e. The first-order valence-corrected chi connectivity index (χ1v) is 7.35. The van der Waals surface area contributed by atoms with Gasteiger partial charge in [-0.05, 0) is 32.9 Å². The average Bonchev–Trinajstić information content (AvgIpc) is 2.86. The average molecular weight is 290 g/mol. The van der Waals surface area contributed by atoms with Crippen LogP contribution in [0.15, 0.2) is 24.5 Å². The second-order valence-electron chi connectivity index (χ2n) is 4.46. The minimum atomic E-state index is -0.119. The third-order valence-electron chi connectivity index (χ3n) is 2.74. The smallest absolute Gasteiger partial charge is 0.252 e. The van der Waals surface area contributed by atoms with E-state index in [0.717, 1.165) is 16.4 Å². The van der Waals surface area contributed by atoms with Gasteiger partial charge in [-0.25, -0.2) is 9.97 Å². The Morgan fingerprint density at radius 1 is 1.45 bits per heavy atom. The SMILES string of the molecule is CCNc1cc(C(=O)NC(C)c2ncc(C)s2)ccn1. The largest absolute Gasteiger partial charge is 0.370 e. The molecule has 2 aromatic rings. The Labute approximate surface area is 122 Å². The molecular formula is C14H18N4OS. The van der Waals surface area contributed by atoms with Crippen LogP contribution in [0.1, 0.15) is 40.1 Å². The lowest BCUT2D eigenvalue weighted by molar-refractivity contribution is 0.0940. The summed E-state index contributed by atoms with van der Waals surface area (Å²) in [7, 11) is 0. The number of thiazole rings is 1. The maximum absolute atomic E-state index is 12.2. The van der Waals surface area contributed by atoms with Crippen LogP contribution < -0.4 is 10.6 Å². The van der Waals surface area contributed by atoms with E-state index in [0.29, 0.717) is 11.4 Å². The minimum absolute atomic E-state index is 0.100. The predicted molar refractivity (Wildman–Crippen MR) is 81.1 cm³/mol. The molecule has 1 atom stereocenters. The number of nitrogens with one attached hydrogen (secondary N) is 2. The van der Waals surface area contributed by atoms with Gasteiger partial charge in [0.2, 0.25) is 0 Å². The molecule has 20 heavy (non-hydrogen) atoms. The van der Waals surface area contributed by atoms with E-state index in [2.05, 4.69) is 20.6 Å². The molecule has 1 amide bonds. The molecule has 0 aromatic carbocycles. The van der Waals surface area contributed by atoms with E-state index < -0.39 is 0 Å². The van der Waals surface area contributed by atoms with E-state index in [1.54, 1.807) is 29.7 Å². The Bertz CT molecular complexity index is 596. The van der Waals surface area contributed by atoms with E-state index in [9.17, 15) is 4.79 Å². The van der Waals surface area contributed by atoms with Crippen molar-refractivity contribution in [3.05, 3.63) is 40.0 Å². The number of anilines is 1. The summed E-state index contributed by atoms with van der Waals surface area (Å²) in [5.74, 6) is 0.588. The number of amides is 1. The first-order chi connectivity index (χ1) is 9.60. The van der Waals surface area contributed by atoms with Crippen molar-refractivity contribution < 1.29 is 4.79 Å². The number of carbonyl (C=O) groups excluding carboxylic acids is 1. The van der Waals surface area contributed by atoms with Gasteiger partial charge in [0.25, 0.3) is 5.91 Å². The van der Waals surface area contributed by atoms with E-state index in [4.69, 9.17) is 0 Å². The summed E-state index contributed by atoms with van der Waals surface area (Å²) in [5.41, 5.74) is 0.594. The molecule has 0 aliphatic carbocycles. The summed E-state index contributed by atoms with van der Waals surface area (Å²) >= 11 is 1.59. The fourth-order valence-electron chi connectivity index (χ4n) is 1.76. The molecule has 1 unspecified atom stereocenters. The lowest BCUT2D eigenvalue weighted by Crippen LogP contribution is -2.26. The summed E-state index contributed by atoms with van der Waals surface area (Å²) in [5, 5.41) is 6.95. The van der Waals surface area contributed by atoms with Crippen molar-refractivity contribution in [2.24, 2.45) is 0 Å². The summed E-state index contributed by atoms with van der Waals surface area (Å²) in [6.45, 7) is 6.69. The molecule has 6 heteroatoms. The molecule has 0 spiro atoms. The Kier molecular flexibility index (Phi) is 4.68. The number of pyridine rings is 1. The zero-order chi connectivity index (χ0) is 14.5. The van der Waals surface area contributed by atoms with Gasteiger partial charge in [-0.1, -0.05) is 0 Å². The van der Waals surface area contributed by atoms with Gasteiger partial charge in [-0.15, -0.1) is 11.3 Å². The van der Waals surface area contributed by atoms with Crippen molar-refractivity contribution >= 4 is 23.1 Å². The highest BCUT2D eigenvalue weighted by Gasteiger charge is 2.14. The van der Waals surface area contributed by atoms with Crippen LogP contribution in [0.3, 0.4) is 0 Å². The number of rotatable bonds is 5. The second kappa shape index (κ2) is 6.47. The van der Waals surface area contributed by atoms with Crippen LogP contribution in [-0.2, 0) is 0 Å². The normalized spacial score (nSPS) is 11.9. The molecule has 106 valence electrons. The first kappa shape index (κ1) is 14.5. The zero-order valence-electron chi connectivity index (χ0n) is 11.8. The van der Waals surface area contributed by atoms with Gasteiger partial charge in [-0.3, -0.25) is 4.79 Å². The Hall–Kier alpha value is -1.95. The van der Waals surface area contributed by atoms with Gasteiger partial charge >= 0.3 is 0 Å².